The third-order valence-electron chi connectivity index (χ3n) is 12.2. The fourth-order valence-corrected chi connectivity index (χ4v) is 10.00. The molecular weight excluding hydrogens is 1220 g/mol. The van der Waals surface area contributed by atoms with E-state index in [0.29, 0.717) is 38.9 Å². The van der Waals surface area contributed by atoms with Gasteiger partial charge >= 0.3 is 5.97 Å². The maximum atomic E-state index is 13.9. The second kappa shape index (κ2) is 32.1. The standard InChI is InChI=1S/C30H23ClF5N3O5S.C27H31ClN4O4S.C4H8O/c1-13(2)43-20-9-8-16(11-17(20)31)27(40)38-18(28(41)37-3)10-14-4-6-15(7-5-14)29-39-19(12-45-29)30(42)44-26-24(35)22(33)21(32)23(34)25(26)36;1-15(2)30-26(35)22-14-37-27(32-22)18-8-6-17(7-9-18)12-21(25(34)29-5)31-24(33)19-10-11-23(20(28)13-19)36-16(3)4;1-2-4-5-3-1/h4-9,11-13,18H,10H2,1-3H3,(H,37,41)(H,38,40);6-11,13-16,21H,12H2,1-5H3,(H,29,34)(H,30,35)(H,31,33);1-4H2/t18-;21-;/m00./s1. The number of rotatable bonds is 20. The Morgan fingerprint density at radius 3 is 1.32 bits per heavy atom. The van der Waals surface area contributed by atoms with Crippen LogP contribution in [0.15, 0.2) is 95.7 Å². The molecule has 3 heterocycles. The largest absolute Gasteiger partial charge is 0.489 e. The van der Waals surface area contributed by atoms with Crippen LogP contribution in [0.5, 0.6) is 17.2 Å². The van der Waals surface area contributed by atoms with Gasteiger partial charge in [0.1, 0.15) is 39.3 Å². The van der Waals surface area contributed by atoms with Gasteiger partial charge in [0.15, 0.2) is 5.69 Å². The van der Waals surface area contributed by atoms with Crippen molar-refractivity contribution in [2.75, 3.05) is 27.3 Å². The van der Waals surface area contributed by atoms with Gasteiger partial charge in [0, 0.05) is 79.2 Å². The van der Waals surface area contributed by atoms with Crippen molar-refractivity contribution in [1.82, 2.24) is 36.6 Å². The van der Waals surface area contributed by atoms with E-state index in [1.807, 2.05) is 65.8 Å². The predicted molar refractivity (Wildman–Crippen MR) is 321 cm³/mol. The average molecular weight is 1280 g/mol. The fourth-order valence-electron chi connectivity index (χ4n) is 7.95. The fraction of sp³-hybridized carbons (Fsp3) is 0.311. The molecule has 7 aromatic rings. The third-order valence-corrected chi connectivity index (χ3v) is 14.6. The number of nitrogens with zero attached hydrogens (tertiary/aromatic N) is 2. The highest BCUT2D eigenvalue weighted by atomic mass is 35.5. The lowest BCUT2D eigenvalue weighted by molar-refractivity contribution is -0.123. The Hall–Kier alpha value is -8.03. The average Bonchev–Trinajstić information content (AvgIpc) is 2.14. The van der Waals surface area contributed by atoms with Crippen LogP contribution in [0.2, 0.25) is 10.0 Å². The highest BCUT2D eigenvalue weighted by Crippen LogP contribution is 2.32. The summed E-state index contributed by atoms with van der Waals surface area (Å²) in [4.78, 5) is 83.9. The molecule has 26 heteroatoms. The third kappa shape index (κ3) is 19.2. The summed E-state index contributed by atoms with van der Waals surface area (Å²) in [7, 11) is 2.95. The van der Waals surface area contributed by atoms with Crippen molar-refractivity contribution in [3.8, 4) is 38.4 Å². The topological polar surface area (TPSA) is 225 Å². The minimum absolute atomic E-state index is 0.0286. The van der Waals surface area contributed by atoms with Crippen LogP contribution < -0.4 is 40.8 Å². The molecule has 0 unspecified atom stereocenters. The Kier molecular flexibility index (Phi) is 25.1. The van der Waals surface area contributed by atoms with Crippen LogP contribution >= 0.6 is 45.9 Å². The monoisotopic (exact) mass is 1280 g/mol. The van der Waals surface area contributed by atoms with E-state index in [1.54, 1.807) is 47.8 Å². The van der Waals surface area contributed by atoms with Crippen LogP contribution in [-0.4, -0.2) is 103 Å². The molecule has 5 aromatic carbocycles. The molecule has 2 atom stereocenters. The Morgan fingerprint density at radius 2 is 0.954 bits per heavy atom. The van der Waals surface area contributed by atoms with Gasteiger partial charge < -0.3 is 45.5 Å². The summed E-state index contributed by atoms with van der Waals surface area (Å²) in [6.07, 6.45) is 2.77. The number of esters is 1. The van der Waals surface area contributed by atoms with Crippen molar-refractivity contribution in [3.05, 3.63) is 168 Å². The molecule has 462 valence electrons. The number of ether oxygens (including phenoxy) is 4. The minimum atomic E-state index is -2.39. The number of aromatic nitrogens is 2. The van der Waals surface area contributed by atoms with E-state index in [4.69, 9.17) is 37.4 Å². The van der Waals surface area contributed by atoms with Crippen LogP contribution in [0.4, 0.5) is 22.0 Å². The summed E-state index contributed by atoms with van der Waals surface area (Å²) < 4.78 is 88.5. The van der Waals surface area contributed by atoms with E-state index in [0.717, 1.165) is 40.7 Å². The van der Waals surface area contributed by atoms with E-state index in [-0.39, 0.29) is 58.5 Å². The van der Waals surface area contributed by atoms with Crippen molar-refractivity contribution in [2.24, 2.45) is 0 Å². The number of nitrogens with one attached hydrogen (secondary N) is 5. The van der Waals surface area contributed by atoms with Crippen LogP contribution in [0.3, 0.4) is 0 Å². The zero-order valence-electron chi connectivity index (χ0n) is 48.3. The zero-order valence-corrected chi connectivity index (χ0v) is 51.5. The van der Waals surface area contributed by atoms with Gasteiger partial charge in [-0.05, 0) is 102 Å². The summed E-state index contributed by atoms with van der Waals surface area (Å²) >= 11 is 14.8. The van der Waals surface area contributed by atoms with Crippen molar-refractivity contribution in [1.29, 1.82) is 0 Å². The second-order valence-electron chi connectivity index (χ2n) is 20.0. The van der Waals surface area contributed by atoms with Crippen LogP contribution in [0, 0.1) is 29.1 Å². The van der Waals surface area contributed by atoms with Crippen LogP contribution in [0.25, 0.3) is 21.1 Å². The maximum absolute atomic E-state index is 13.9. The lowest BCUT2D eigenvalue weighted by atomic mass is 10.0. The molecule has 8 rings (SSSR count). The predicted octanol–water partition coefficient (Wildman–Crippen LogP) is 11.5. The second-order valence-corrected chi connectivity index (χ2v) is 22.5. The van der Waals surface area contributed by atoms with Gasteiger partial charge in [-0.1, -0.05) is 71.7 Å². The number of carbonyl (C=O) groups excluding carboxylic acids is 6. The van der Waals surface area contributed by atoms with Gasteiger partial charge in [-0.2, -0.15) is 8.78 Å². The highest BCUT2D eigenvalue weighted by molar-refractivity contribution is 7.13. The molecule has 1 aliphatic rings. The van der Waals surface area contributed by atoms with Crippen molar-refractivity contribution in [2.45, 2.75) is 97.6 Å². The van der Waals surface area contributed by atoms with Gasteiger partial charge in [0.2, 0.25) is 46.6 Å². The van der Waals surface area contributed by atoms with Crippen molar-refractivity contribution < 1.29 is 69.7 Å². The van der Waals surface area contributed by atoms with Crippen molar-refractivity contribution in [3.63, 3.8) is 0 Å². The van der Waals surface area contributed by atoms with Gasteiger partial charge in [0.25, 0.3) is 17.7 Å². The highest BCUT2D eigenvalue weighted by Gasteiger charge is 2.30. The molecular formula is C61H62Cl2F5N7O10S2. The molecule has 87 heavy (non-hydrogen) atoms. The molecule has 1 aliphatic heterocycles. The number of hydrogen-bond acceptors (Lipinski definition) is 14. The molecule has 0 bridgehead atoms. The van der Waals surface area contributed by atoms with Gasteiger partial charge in [-0.15, -0.1) is 22.7 Å². The first-order chi connectivity index (χ1) is 41.4. The first-order valence-electron chi connectivity index (χ1n) is 27.1. The Bertz CT molecular complexity index is 3530. The van der Waals surface area contributed by atoms with E-state index in [1.165, 1.54) is 61.9 Å². The lowest BCUT2D eigenvalue weighted by Crippen LogP contribution is -2.47. The summed E-state index contributed by atoms with van der Waals surface area (Å²) in [5.41, 5.74) is 3.34. The summed E-state index contributed by atoms with van der Waals surface area (Å²) in [5.74, 6) is -15.7. The molecule has 0 saturated carbocycles. The first-order valence-corrected chi connectivity index (χ1v) is 29.6. The van der Waals surface area contributed by atoms with Crippen LogP contribution in [0.1, 0.15) is 107 Å². The molecule has 5 N–H and O–H groups in total. The van der Waals surface area contributed by atoms with E-state index in [9.17, 15) is 50.7 Å². The lowest BCUT2D eigenvalue weighted by Gasteiger charge is -2.18. The van der Waals surface area contributed by atoms with Crippen LogP contribution in [-0.2, 0) is 27.2 Å². The number of thiazole rings is 2. The Morgan fingerprint density at radius 1 is 0.552 bits per heavy atom. The number of carbonyl (C=O) groups is 6. The number of amides is 5. The number of halogens is 7. The summed E-state index contributed by atoms with van der Waals surface area (Å²) in [6, 6.07) is 21.6. The SMILES string of the molecule is C1CCOC1.CNC(=O)[C@H](Cc1ccc(-c2nc(C(=O)NC(C)C)cs2)cc1)NC(=O)c1ccc(OC(C)C)c(Cl)c1.CNC(=O)[C@H](Cc1ccc(-c2nc(C(=O)Oc3c(F)c(F)c(F)c(F)c3F)cs2)cc1)NC(=O)c1ccc(OC(C)C)c(Cl)c1. The van der Waals surface area contributed by atoms with E-state index >= 15 is 0 Å². The molecule has 0 radical (unpaired) electrons. The molecule has 0 aliphatic carbocycles. The summed E-state index contributed by atoms with van der Waals surface area (Å²) in [5, 5.41) is 17.9. The molecule has 5 amide bonds. The Balaban J connectivity index is 0.000000261. The van der Waals surface area contributed by atoms with E-state index in [2.05, 4.69) is 41.3 Å². The first kappa shape index (κ1) is 68.1. The Labute approximate surface area is 516 Å². The van der Waals surface area contributed by atoms with Crippen molar-refractivity contribution >= 4 is 81.4 Å². The smallest absolute Gasteiger partial charge is 0.363 e. The van der Waals surface area contributed by atoms with Gasteiger partial charge in [-0.25, -0.2) is 27.9 Å². The number of hydrogen-bond donors (Lipinski definition) is 5. The normalized spacial score (nSPS) is 12.4. The minimum Gasteiger partial charge on any atom is -0.489 e. The zero-order chi connectivity index (χ0) is 63.6. The molecule has 2 aromatic heterocycles. The van der Waals surface area contributed by atoms with E-state index < -0.39 is 76.3 Å². The van der Waals surface area contributed by atoms with Gasteiger partial charge in [-0.3, -0.25) is 24.0 Å². The molecule has 17 nitrogen and oxygen atoms in total. The quantitative estimate of drug-likeness (QED) is 0.0158. The number of benzene rings is 5. The maximum Gasteiger partial charge on any atom is 0.363 e. The molecule has 1 fully saturated rings. The summed E-state index contributed by atoms with van der Waals surface area (Å²) in [6.45, 7) is 13.2. The molecule has 0 spiro atoms. The molecule has 1 saturated heterocycles. The van der Waals surface area contributed by atoms with Gasteiger partial charge in [0.05, 0.1) is 22.3 Å². The number of likely N-dealkylation sites (N-methyl/N-ethyl adjacent to an activating group) is 2.